The summed E-state index contributed by atoms with van der Waals surface area (Å²) in [5.74, 6) is 0. The Morgan fingerprint density at radius 1 is 1.23 bits per heavy atom. The SMILES string of the molecule is O=[N+]([O-])c1cc(-c2cccnn2)ccc1NCCCCCCN1CCC(O)CC1CO. The molecule has 9 nitrogen and oxygen atoms in total. The maximum absolute atomic E-state index is 11.5. The molecule has 3 N–H and O–H groups in total. The monoisotopic (exact) mass is 429 g/mol. The van der Waals surface area contributed by atoms with Crippen LogP contribution in [0.1, 0.15) is 38.5 Å². The second kappa shape index (κ2) is 11.7. The van der Waals surface area contributed by atoms with E-state index >= 15 is 0 Å². The second-order valence-corrected chi connectivity index (χ2v) is 7.99. The van der Waals surface area contributed by atoms with Gasteiger partial charge in [-0.2, -0.15) is 10.2 Å². The Bertz CT molecular complexity index is 836. The summed E-state index contributed by atoms with van der Waals surface area (Å²) in [5, 5.41) is 41.7. The van der Waals surface area contributed by atoms with Gasteiger partial charge >= 0.3 is 0 Å². The van der Waals surface area contributed by atoms with Crippen molar-refractivity contribution in [1.29, 1.82) is 0 Å². The van der Waals surface area contributed by atoms with E-state index in [-0.39, 0.29) is 29.4 Å². The topological polar surface area (TPSA) is 125 Å². The van der Waals surface area contributed by atoms with E-state index in [2.05, 4.69) is 20.4 Å². The zero-order valence-corrected chi connectivity index (χ0v) is 17.7. The van der Waals surface area contributed by atoms with E-state index in [1.165, 1.54) is 6.07 Å². The summed E-state index contributed by atoms with van der Waals surface area (Å²) in [6.45, 7) is 2.53. The van der Waals surface area contributed by atoms with Crippen molar-refractivity contribution in [3.63, 3.8) is 0 Å². The molecule has 3 rings (SSSR count). The van der Waals surface area contributed by atoms with Gasteiger partial charge in [0.25, 0.3) is 5.69 Å². The first-order chi connectivity index (χ1) is 15.1. The maximum atomic E-state index is 11.5. The van der Waals surface area contributed by atoms with Crippen molar-refractivity contribution < 1.29 is 15.1 Å². The fourth-order valence-electron chi connectivity index (χ4n) is 4.03. The number of hydrogen-bond acceptors (Lipinski definition) is 8. The minimum absolute atomic E-state index is 0.0329. The van der Waals surface area contributed by atoms with Crippen LogP contribution < -0.4 is 5.32 Å². The predicted molar refractivity (Wildman–Crippen MR) is 119 cm³/mol. The lowest BCUT2D eigenvalue weighted by atomic mass is 9.99. The molecule has 1 aliphatic rings. The highest BCUT2D eigenvalue weighted by Gasteiger charge is 2.26. The van der Waals surface area contributed by atoms with Gasteiger partial charge in [-0.15, -0.1) is 0 Å². The van der Waals surface area contributed by atoms with Gasteiger partial charge in [0.05, 0.1) is 23.3 Å². The minimum Gasteiger partial charge on any atom is -0.395 e. The Labute approximate surface area is 182 Å². The van der Waals surface area contributed by atoms with E-state index in [1.807, 2.05) is 6.07 Å². The standard InChI is InChI=1S/C22H31N5O4/c28-16-18-15-19(29)9-13-26(18)12-4-2-1-3-10-23-21-8-7-17(14-22(21)27(30)31)20-6-5-11-24-25-20/h5-8,11,14,18-19,23,28-29H,1-4,9-10,12-13,15-16H2. The smallest absolute Gasteiger partial charge is 0.292 e. The fraction of sp³-hybridized carbons (Fsp3) is 0.545. The number of aliphatic hydroxyl groups is 2. The highest BCUT2D eigenvalue weighted by Crippen LogP contribution is 2.29. The summed E-state index contributed by atoms with van der Waals surface area (Å²) in [5.41, 5.74) is 1.81. The Hall–Kier alpha value is -2.62. The van der Waals surface area contributed by atoms with Gasteiger partial charge in [0.2, 0.25) is 0 Å². The Morgan fingerprint density at radius 3 is 2.81 bits per heavy atom. The van der Waals surface area contributed by atoms with Crippen molar-refractivity contribution in [2.75, 3.05) is 31.6 Å². The number of aromatic nitrogens is 2. The van der Waals surface area contributed by atoms with E-state index in [4.69, 9.17) is 0 Å². The van der Waals surface area contributed by atoms with E-state index in [0.29, 0.717) is 29.9 Å². The predicted octanol–water partition coefficient (Wildman–Crippen LogP) is 2.84. The summed E-state index contributed by atoms with van der Waals surface area (Å²) >= 11 is 0. The highest BCUT2D eigenvalue weighted by atomic mass is 16.6. The molecule has 0 bridgehead atoms. The van der Waals surface area contributed by atoms with Crippen molar-refractivity contribution in [2.45, 2.75) is 50.7 Å². The van der Waals surface area contributed by atoms with Gasteiger partial charge in [-0.05, 0) is 50.4 Å². The number of piperidine rings is 1. The van der Waals surface area contributed by atoms with Crippen LogP contribution in [0, 0.1) is 10.1 Å². The minimum atomic E-state index is -0.380. The molecule has 1 aliphatic heterocycles. The molecule has 168 valence electrons. The lowest BCUT2D eigenvalue weighted by Gasteiger charge is -2.36. The molecular formula is C22H31N5O4. The van der Waals surface area contributed by atoms with Crippen molar-refractivity contribution in [2.24, 2.45) is 0 Å². The molecular weight excluding hydrogens is 398 g/mol. The second-order valence-electron chi connectivity index (χ2n) is 7.99. The van der Waals surface area contributed by atoms with E-state index in [1.54, 1.807) is 24.4 Å². The average molecular weight is 430 g/mol. The number of unbranched alkanes of at least 4 members (excludes halogenated alkanes) is 3. The molecule has 1 aromatic heterocycles. The number of anilines is 1. The van der Waals surface area contributed by atoms with Gasteiger partial charge < -0.3 is 15.5 Å². The van der Waals surface area contributed by atoms with Crippen LogP contribution in [0.15, 0.2) is 36.5 Å². The Balaban J connectivity index is 1.41. The maximum Gasteiger partial charge on any atom is 0.292 e. The van der Waals surface area contributed by atoms with Crippen molar-refractivity contribution in [3.8, 4) is 11.3 Å². The summed E-state index contributed by atoms with van der Waals surface area (Å²) in [6, 6.07) is 8.65. The highest BCUT2D eigenvalue weighted by molar-refractivity contribution is 5.71. The zero-order chi connectivity index (χ0) is 22.1. The number of nitrogens with zero attached hydrogens (tertiary/aromatic N) is 4. The van der Waals surface area contributed by atoms with Crippen LogP contribution in [0.25, 0.3) is 11.3 Å². The van der Waals surface area contributed by atoms with Gasteiger partial charge in [0.15, 0.2) is 0 Å². The quantitative estimate of drug-likeness (QED) is 0.283. The molecule has 0 amide bonds. The van der Waals surface area contributed by atoms with Crippen LogP contribution in [0.2, 0.25) is 0 Å². The molecule has 0 radical (unpaired) electrons. The number of hydrogen-bond donors (Lipinski definition) is 3. The van der Waals surface area contributed by atoms with E-state index in [9.17, 15) is 20.3 Å². The first-order valence-corrected chi connectivity index (χ1v) is 10.9. The molecule has 9 heteroatoms. The molecule has 1 fully saturated rings. The van der Waals surface area contributed by atoms with Crippen molar-refractivity contribution >= 4 is 11.4 Å². The number of likely N-dealkylation sites (tertiary alicyclic amines) is 1. The number of benzene rings is 1. The van der Waals surface area contributed by atoms with Crippen molar-refractivity contribution in [1.82, 2.24) is 15.1 Å². The molecule has 31 heavy (non-hydrogen) atoms. The third kappa shape index (κ3) is 6.68. The van der Waals surface area contributed by atoms with Crippen LogP contribution >= 0.6 is 0 Å². The molecule has 1 saturated heterocycles. The summed E-state index contributed by atoms with van der Waals surface area (Å²) in [7, 11) is 0. The Morgan fingerprint density at radius 2 is 2.06 bits per heavy atom. The van der Waals surface area contributed by atoms with Crippen LogP contribution in [-0.4, -0.2) is 68.6 Å². The number of rotatable bonds is 11. The first-order valence-electron chi connectivity index (χ1n) is 10.9. The third-order valence-corrected chi connectivity index (χ3v) is 5.77. The van der Waals surface area contributed by atoms with Crippen LogP contribution in [0.4, 0.5) is 11.4 Å². The molecule has 0 saturated carbocycles. The summed E-state index contributed by atoms with van der Waals surface area (Å²) < 4.78 is 0. The molecule has 2 atom stereocenters. The molecule has 0 spiro atoms. The lowest BCUT2D eigenvalue weighted by molar-refractivity contribution is -0.383. The lowest BCUT2D eigenvalue weighted by Crippen LogP contribution is -2.46. The molecule has 2 unspecified atom stereocenters. The number of aliphatic hydroxyl groups excluding tert-OH is 2. The van der Waals surface area contributed by atoms with Gasteiger partial charge in [-0.1, -0.05) is 18.9 Å². The van der Waals surface area contributed by atoms with Gasteiger partial charge in [0, 0.05) is 37.0 Å². The fourth-order valence-corrected chi connectivity index (χ4v) is 4.03. The molecule has 1 aromatic carbocycles. The van der Waals surface area contributed by atoms with Crippen LogP contribution in [0.5, 0.6) is 0 Å². The van der Waals surface area contributed by atoms with Crippen molar-refractivity contribution in [3.05, 3.63) is 46.6 Å². The summed E-state index contributed by atoms with van der Waals surface area (Å²) in [4.78, 5) is 13.4. The normalized spacial score (nSPS) is 19.3. The third-order valence-electron chi connectivity index (χ3n) is 5.77. The number of nitrogens with one attached hydrogen (secondary N) is 1. The summed E-state index contributed by atoms with van der Waals surface area (Å²) in [6.07, 6.45) is 6.74. The van der Waals surface area contributed by atoms with Gasteiger partial charge in [-0.25, -0.2) is 0 Å². The van der Waals surface area contributed by atoms with E-state index < -0.39 is 0 Å². The first kappa shape index (κ1) is 23.1. The van der Waals surface area contributed by atoms with Crippen LogP contribution in [-0.2, 0) is 0 Å². The van der Waals surface area contributed by atoms with Gasteiger partial charge in [-0.3, -0.25) is 15.0 Å². The average Bonchev–Trinajstić information content (AvgIpc) is 2.79. The number of nitro benzene ring substituents is 1. The van der Waals surface area contributed by atoms with Gasteiger partial charge in [0.1, 0.15) is 5.69 Å². The zero-order valence-electron chi connectivity index (χ0n) is 17.7. The van der Waals surface area contributed by atoms with E-state index in [0.717, 1.165) is 45.2 Å². The Kier molecular flexibility index (Phi) is 8.69. The van der Waals surface area contributed by atoms with Crippen LogP contribution in [0.3, 0.4) is 0 Å². The molecule has 2 aromatic rings. The number of nitro groups is 1. The molecule has 0 aliphatic carbocycles. The largest absolute Gasteiger partial charge is 0.395 e. The molecule has 2 heterocycles.